The summed E-state index contributed by atoms with van der Waals surface area (Å²) in [4.78, 5) is 0. The lowest BCUT2D eigenvalue weighted by Gasteiger charge is -1.99. The molecule has 0 fully saturated rings. The summed E-state index contributed by atoms with van der Waals surface area (Å²) in [5.41, 5.74) is 8.35. The second-order valence-electron chi connectivity index (χ2n) is 3.88. The summed E-state index contributed by atoms with van der Waals surface area (Å²) in [5, 5.41) is 2.26. The van der Waals surface area contributed by atoms with Crippen molar-refractivity contribution in [2.24, 2.45) is 0 Å². The summed E-state index contributed by atoms with van der Waals surface area (Å²) >= 11 is 0. The van der Waals surface area contributed by atoms with E-state index in [1.807, 2.05) is 18.2 Å². The maximum absolute atomic E-state index is 12.9. The molecular formula is C13H10FN2P. The van der Waals surface area contributed by atoms with Crippen LogP contribution in [0.1, 0.15) is 0 Å². The first-order valence-electron chi connectivity index (χ1n) is 5.23. The number of fused-ring (bicyclic) bond motifs is 1. The van der Waals surface area contributed by atoms with Crippen molar-refractivity contribution < 1.29 is 4.39 Å². The van der Waals surface area contributed by atoms with Crippen LogP contribution in [0.4, 0.5) is 10.1 Å². The summed E-state index contributed by atoms with van der Waals surface area (Å²) in [6.45, 7) is 0. The molecule has 2 aromatic carbocycles. The molecule has 1 heterocycles. The van der Waals surface area contributed by atoms with Gasteiger partial charge >= 0.3 is 0 Å². The van der Waals surface area contributed by atoms with Crippen LogP contribution >= 0.6 is 8.35 Å². The minimum atomic E-state index is -0.234. The molecule has 0 radical (unpaired) electrons. The van der Waals surface area contributed by atoms with E-state index in [4.69, 9.17) is 5.73 Å². The van der Waals surface area contributed by atoms with E-state index in [2.05, 4.69) is 4.75 Å². The zero-order valence-electron chi connectivity index (χ0n) is 8.94. The van der Waals surface area contributed by atoms with E-state index >= 15 is 0 Å². The summed E-state index contributed by atoms with van der Waals surface area (Å²) in [7, 11) is 0.418. The lowest BCUT2D eigenvalue weighted by molar-refractivity contribution is 0.628. The van der Waals surface area contributed by atoms with E-state index in [9.17, 15) is 4.39 Å². The van der Waals surface area contributed by atoms with Gasteiger partial charge in [-0.25, -0.2) is 9.14 Å². The Morgan fingerprint density at radius 3 is 2.59 bits per heavy atom. The molecule has 0 bridgehead atoms. The van der Waals surface area contributed by atoms with Gasteiger partial charge in [0, 0.05) is 21.8 Å². The quantitative estimate of drug-likeness (QED) is 0.663. The van der Waals surface area contributed by atoms with Crippen LogP contribution in [0, 0.1) is 5.82 Å². The lowest BCUT2D eigenvalue weighted by atomic mass is 10.1. The van der Waals surface area contributed by atoms with Gasteiger partial charge in [0.1, 0.15) is 5.82 Å². The SMILES string of the molecule is Nc1ccc2[pH]nc(-c3ccc(F)cc3)c2c1. The van der Waals surface area contributed by atoms with E-state index in [1.54, 1.807) is 12.1 Å². The Balaban J connectivity index is 2.23. The van der Waals surface area contributed by atoms with Gasteiger partial charge in [0.2, 0.25) is 0 Å². The molecular weight excluding hydrogens is 234 g/mol. The summed E-state index contributed by atoms with van der Waals surface area (Å²) in [6, 6.07) is 12.2. The van der Waals surface area contributed by atoms with Gasteiger partial charge in [-0.2, -0.15) is 0 Å². The third-order valence-corrected chi connectivity index (χ3v) is 3.72. The van der Waals surface area contributed by atoms with Gasteiger partial charge in [-0.3, -0.25) is 0 Å². The third kappa shape index (κ3) is 1.79. The maximum atomic E-state index is 12.9. The molecule has 2 N–H and O–H groups in total. The Kier molecular flexibility index (Phi) is 2.34. The van der Waals surface area contributed by atoms with Gasteiger partial charge in [-0.05, 0) is 50.8 Å². The molecule has 3 aromatic rings. The minimum Gasteiger partial charge on any atom is -0.399 e. The summed E-state index contributed by atoms with van der Waals surface area (Å²) in [5.74, 6) is -0.234. The Bertz CT molecular complexity index is 673. The predicted molar refractivity (Wildman–Crippen MR) is 71.1 cm³/mol. The van der Waals surface area contributed by atoms with Crippen LogP contribution in [-0.2, 0) is 0 Å². The number of nitrogen functional groups attached to an aromatic ring is 1. The molecule has 0 spiro atoms. The Morgan fingerprint density at radius 1 is 1.06 bits per heavy atom. The topological polar surface area (TPSA) is 38.9 Å². The average molecular weight is 244 g/mol. The molecule has 0 saturated heterocycles. The molecule has 3 rings (SSSR count). The van der Waals surface area contributed by atoms with Crippen molar-refractivity contribution in [3.05, 3.63) is 48.3 Å². The number of rotatable bonds is 1. The fourth-order valence-corrected chi connectivity index (χ4v) is 2.81. The fourth-order valence-electron chi connectivity index (χ4n) is 1.86. The standard InChI is InChI=1S/C13H10FN2P/c14-9-3-1-8(2-4-9)13-11-7-10(15)5-6-12(11)17-16-13/h1-7,17H,15H2. The van der Waals surface area contributed by atoms with E-state index < -0.39 is 0 Å². The van der Waals surface area contributed by atoms with Crippen LogP contribution in [0.3, 0.4) is 0 Å². The largest absolute Gasteiger partial charge is 0.399 e. The molecule has 17 heavy (non-hydrogen) atoms. The molecule has 1 aromatic heterocycles. The number of nitrogens with zero attached hydrogens (tertiary/aromatic N) is 1. The summed E-state index contributed by atoms with van der Waals surface area (Å²) < 4.78 is 17.4. The van der Waals surface area contributed by atoms with Crippen molar-refractivity contribution in [2.75, 3.05) is 5.73 Å². The Morgan fingerprint density at radius 2 is 1.82 bits per heavy atom. The van der Waals surface area contributed by atoms with E-state index in [0.29, 0.717) is 8.35 Å². The van der Waals surface area contributed by atoms with Crippen molar-refractivity contribution in [1.82, 2.24) is 4.75 Å². The molecule has 4 heteroatoms. The highest BCUT2D eigenvalue weighted by Gasteiger charge is 2.07. The zero-order chi connectivity index (χ0) is 11.8. The highest BCUT2D eigenvalue weighted by atomic mass is 31.0. The van der Waals surface area contributed by atoms with Gasteiger partial charge in [0.15, 0.2) is 0 Å². The van der Waals surface area contributed by atoms with E-state index in [-0.39, 0.29) is 5.82 Å². The molecule has 0 saturated carbocycles. The van der Waals surface area contributed by atoms with Gasteiger partial charge in [-0.15, -0.1) is 0 Å². The molecule has 0 aliphatic rings. The lowest BCUT2D eigenvalue weighted by Crippen LogP contribution is -1.83. The number of hydrogen-bond acceptors (Lipinski definition) is 2. The van der Waals surface area contributed by atoms with Crippen molar-refractivity contribution in [3.63, 3.8) is 0 Å². The molecule has 0 aliphatic carbocycles. The third-order valence-electron chi connectivity index (χ3n) is 2.70. The Labute approximate surface area is 99.4 Å². The fraction of sp³-hybridized carbons (Fsp3) is 0. The van der Waals surface area contributed by atoms with Gasteiger partial charge < -0.3 is 5.73 Å². The highest BCUT2D eigenvalue weighted by molar-refractivity contribution is 7.33. The predicted octanol–water partition coefficient (Wildman–Crippen LogP) is 3.65. The van der Waals surface area contributed by atoms with Crippen LogP contribution in [0.25, 0.3) is 21.8 Å². The number of halogens is 1. The molecule has 1 atom stereocenters. The first-order valence-corrected chi connectivity index (χ1v) is 6.18. The molecule has 2 nitrogen and oxygen atoms in total. The number of nitrogens with two attached hydrogens (primary N) is 1. The normalized spacial score (nSPS) is 11.4. The van der Waals surface area contributed by atoms with Gasteiger partial charge in [0.25, 0.3) is 0 Å². The number of aromatic nitrogens is 1. The number of hydrogen-bond donors (Lipinski definition) is 1. The monoisotopic (exact) mass is 244 g/mol. The first kappa shape index (κ1) is 10.3. The minimum absolute atomic E-state index is 0.234. The van der Waals surface area contributed by atoms with Crippen LogP contribution in [-0.4, -0.2) is 4.75 Å². The van der Waals surface area contributed by atoms with Gasteiger partial charge in [0.05, 0.1) is 5.69 Å². The molecule has 0 amide bonds. The second-order valence-corrected chi connectivity index (χ2v) is 4.87. The summed E-state index contributed by atoms with van der Waals surface area (Å²) in [6.07, 6.45) is 0. The zero-order valence-corrected chi connectivity index (χ0v) is 9.94. The van der Waals surface area contributed by atoms with Crippen LogP contribution in [0.5, 0.6) is 0 Å². The first-order chi connectivity index (χ1) is 8.24. The smallest absolute Gasteiger partial charge is 0.123 e. The van der Waals surface area contributed by atoms with Crippen molar-refractivity contribution >= 4 is 24.5 Å². The van der Waals surface area contributed by atoms with Crippen LogP contribution in [0.15, 0.2) is 42.5 Å². The van der Waals surface area contributed by atoms with Crippen LogP contribution in [0.2, 0.25) is 0 Å². The van der Waals surface area contributed by atoms with E-state index in [1.165, 1.54) is 17.3 Å². The van der Waals surface area contributed by atoms with Crippen molar-refractivity contribution in [3.8, 4) is 11.3 Å². The average Bonchev–Trinajstić information content (AvgIpc) is 2.73. The van der Waals surface area contributed by atoms with Crippen molar-refractivity contribution in [2.45, 2.75) is 0 Å². The highest BCUT2D eigenvalue weighted by Crippen LogP contribution is 2.34. The number of anilines is 1. The number of benzene rings is 2. The van der Waals surface area contributed by atoms with Gasteiger partial charge in [-0.1, -0.05) is 0 Å². The molecule has 1 unspecified atom stereocenters. The molecule has 0 aliphatic heterocycles. The van der Waals surface area contributed by atoms with Crippen molar-refractivity contribution in [1.29, 1.82) is 0 Å². The second kappa shape index (κ2) is 3.86. The molecule has 84 valence electrons. The Hall–Kier alpha value is -1.86. The van der Waals surface area contributed by atoms with E-state index in [0.717, 1.165) is 22.3 Å². The maximum Gasteiger partial charge on any atom is 0.123 e. The van der Waals surface area contributed by atoms with Crippen LogP contribution < -0.4 is 5.73 Å².